The number of anilines is 3. The van der Waals surface area contributed by atoms with Crippen molar-refractivity contribution >= 4 is 28.4 Å². The van der Waals surface area contributed by atoms with Gasteiger partial charge < -0.3 is 15.1 Å². The minimum absolute atomic E-state index is 0.111. The minimum Gasteiger partial charge on any atom is -0.369 e. The SMILES string of the molecule is C#CCn1c(=O)c2cnc(Nc3ccc(N4CCN(C)CC4)cc3)nc2n1-c1ccc2c(n1)C(C)CCC2. The molecule has 1 fully saturated rings. The third kappa shape index (κ3) is 4.41. The van der Waals surface area contributed by atoms with E-state index in [0.717, 1.165) is 50.4 Å². The summed E-state index contributed by atoms with van der Waals surface area (Å²) < 4.78 is 3.25. The maximum Gasteiger partial charge on any atom is 0.279 e. The van der Waals surface area contributed by atoms with Gasteiger partial charge in [0.25, 0.3) is 5.56 Å². The van der Waals surface area contributed by atoms with Gasteiger partial charge in [0.1, 0.15) is 11.9 Å². The van der Waals surface area contributed by atoms with Crippen molar-refractivity contribution in [3.63, 3.8) is 0 Å². The highest BCUT2D eigenvalue weighted by atomic mass is 16.1. The number of hydrogen-bond acceptors (Lipinski definition) is 7. The number of nitrogens with zero attached hydrogens (tertiary/aromatic N) is 7. The third-order valence-corrected chi connectivity index (χ3v) is 7.67. The average molecular weight is 509 g/mol. The highest BCUT2D eigenvalue weighted by molar-refractivity contribution is 5.77. The first-order valence-corrected chi connectivity index (χ1v) is 13.2. The molecule has 1 aromatic carbocycles. The second-order valence-corrected chi connectivity index (χ2v) is 10.3. The molecule has 0 spiro atoms. The van der Waals surface area contributed by atoms with Crippen LogP contribution in [0.1, 0.15) is 36.9 Å². The first-order valence-electron chi connectivity index (χ1n) is 13.2. The van der Waals surface area contributed by atoms with Crippen molar-refractivity contribution in [1.29, 1.82) is 0 Å². The molecule has 9 nitrogen and oxygen atoms in total. The van der Waals surface area contributed by atoms with Crippen LogP contribution < -0.4 is 15.8 Å². The molecule has 0 bridgehead atoms. The zero-order valence-corrected chi connectivity index (χ0v) is 21.9. The lowest BCUT2D eigenvalue weighted by Gasteiger charge is -2.34. The second kappa shape index (κ2) is 9.95. The van der Waals surface area contributed by atoms with E-state index in [4.69, 9.17) is 16.4 Å². The van der Waals surface area contributed by atoms with Gasteiger partial charge in [0, 0.05) is 49.4 Å². The summed E-state index contributed by atoms with van der Waals surface area (Å²) in [5.41, 5.74) is 4.68. The number of rotatable bonds is 5. The molecule has 1 aliphatic carbocycles. The fourth-order valence-corrected chi connectivity index (χ4v) is 5.48. The molecule has 1 N–H and O–H groups in total. The van der Waals surface area contributed by atoms with Gasteiger partial charge in [0.2, 0.25) is 5.95 Å². The Kier molecular flexibility index (Phi) is 6.34. The fourth-order valence-electron chi connectivity index (χ4n) is 5.48. The maximum atomic E-state index is 13.3. The number of piperazine rings is 1. The molecule has 1 saturated heterocycles. The van der Waals surface area contributed by atoms with Crippen molar-refractivity contribution in [2.45, 2.75) is 38.6 Å². The fraction of sp³-hybridized carbons (Fsp3) is 0.379. The largest absolute Gasteiger partial charge is 0.369 e. The van der Waals surface area contributed by atoms with Crippen LogP contribution in [0.15, 0.2) is 47.4 Å². The molecule has 6 rings (SSSR count). The monoisotopic (exact) mass is 508 g/mol. The molecule has 0 saturated carbocycles. The van der Waals surface area contributed by atoms with Crippen molar-refractivity contribution in [2.75, 3.05) is 43.4 Å². The molecule has 1 unspecified atom stereocenters. The van der Waals surface area contributed by atoms with E-state index >= 15 is 0 Å². The molecule has 194 valence electrons. The Morgan fingerprint density at radius 1 is 1.08 bits per heavy atom. The Morgan fingerprint density at radius 2 is 1.87 bits per heavy atom. The number of hydrogen-bond donors (Lipinski definition) is 1. The standard InChI is InChI=1S/C29H32N8O/c1-4-14-36-28(38)24-19-30-29(31-22-9-11-23(12-10-22)35-17-15-34(3)16-18-35)33-27(24)37(36)25-13-8-21-7-5-6-20(2)26(21)32-25/h1,8-13,19-20H,5-7,14-18H2,2-3H3,(H,30,31,33). The van der Waals surface area contributed by atoms with Crippen LogP contribution in [-0.4, -0.2) is 62.4 Å². The highest BCUT2D eigenvalue weighted by Crippen LogP contribution is 2.31. The van der Waals surface area contributed by atoms with Gasteiger partial charge in [-0.2, -0.15) is 4.98 Å². The summed E-state index contributed by atoms with van der Waals surface area (Å²) in [5.74, 6) is 4.01. The number of benzene rings is 1. The lowest BCUT2D eigenvalue weighted by molar-refractivity contribution is 0.313. The Hall–Kier alpha value is -4.16. The van der Waals surface area contributed by atoms with E-state index in [9.17, 15) is 4.79 Å². The zero-order chi connectivity index (χ0) is 26.2. The van der Waals surface area contributed by atoms with Crippen LogP contribution >= 0.6 is 0 Å². The number of terminal acetylenes is 1. The lowest BCUT2D eigenvalue weighted by Crippen LogP contribution is -2.44. The summed E-state index contributed by atoms with van der Waals surface area (Å²) in [4.78, 5) is 32.2. The second-order valence-electron chi connectivity index (χ2n) is 10.3. The summed E-state index contributed by atoms with van der Waals surface area (Å²) in [7, 11) is 2.16. The predicted octanol–water partition coefficient (Wildman–Crippen LogP) is 3.55. The Morgan fingerprint density at radius 3 is 2.63 bits per heavy atom. The summed E-state index contributed by atoms with van der Waals surface area (Å²) in [6, 6.07) is 12.4. The lowest BCUT2D eigenvalue weighted by atomic mass is 9.88. The van der Waals surface area contributed by atoms with E-state index in [1.807, 2.05) is 18.2 Å². The summed E-state index contributed by atoms with van der Waals surface area (Å²) in [6.07, 6.45) is 10.5. The topological polar surface area (TPSA) is 84.1 Å². The van der Waals surface area contributed by atoms with E-state index < -0.39 is 0 Å². The van der Waals surface area contributed by atoms with Crippen molar-refractivity contribution < 1.29 is 0 Å². The normalized spacial score (nSPS) is 17.8. The Balaban J connectivity index is 1.35. The van der Waals surface area contributed by atoms with Crippen LogP contribution in [0, 0.1) is 12.3 Å². The number of fused-ring (bicyclic) bond motifs is 2. The third-order valence-electron chi connectivity index (χ3n) is 7.67. The molecule has 3 aromatic heterocycles. The van der Waals surface area contributed by atoms with Crippen LogP contribution in [0.2, 0.25) is 0 Å². The molecule has 2 aliphatic rings. The molecule has 4 heterocycles. The number of pyridine rings is 1. The first-order chi connectivity index (χ1) is 18.5. The van der Waals surface area contributed by atoms with Gasteiger partial charge in [-0.25, -0.2) is 19.3 Å². The molecule has 4 aromatic rings. The Bertz CT molecular complexity index is 1570. The van der Waals surface area contributed by atoms with Gasteiger partial charge in [-0.05, 0) is 68.1 Å². The molecule has 1 aliphatic heterocycles. The van der Waals surface area contributed by atoms with Crippen molar-refractivity contribution in [3.8, 4) is 18.2 Å². The molecule has 0 radical (unpaired) electrons. The Labute approximate surface area is 222 Å². The molecular formula is C29H32N8O. The summed E-state index contributed by atoms with van der Waals surface area (Å²) in [5, 5.41) is 3.70. The van der Waals surface area contributed by atoms with Crippen LogP contribution in [0.4, 0.5) is 17.3 Å². The predicted molar refractivity (Wildman–Crippen MR) is 151 cm³/mol. The van der Waals surface area contributed by atoms with Crippen LogP contribution in [0.3, 0.4) is 0 Å². The maximum absolute atomic E-state index is 13.3. The van der Waals surface area contributed by atoms with Gasteiger partial charge in [0.05, 0.1) is 0 Å². The van der Waals surface area contributed by atoms with Gasteiger partial charge in [-0.1, -0.05) is 18.9 Å². The van der Waals surface area contributed by atoms with Crippen molar-refractivity contribution in [1.82, 2.24) is 29.2 Å². The van der Waals surface area contributed by atoms with Crippen molar-refractivity contribution in [3.05, 3.63) is 64.2 Å². The van der Waals surface area contributed by atoms with Gasteiger partial charge in [-0.15, -0.1) is 6.42 Å². The quantitative estimate of drug-likeness (QED) is 0.413. The number of likely N-dealkylation sites (N-methyl/N-ethyl adjacent to an activating group) is 1. The molecule has 38 heavy (non-hydrogen) atoms. The summed E-state index contributed by atoms with van der Waals surface area (Å²) >= 11 is 0. The summed E-state index contributed by atoms with van der Waals surface area (Å²) in [6.45, 7) is 6.48. The van der Waals surface area contributed by atoms with E-state index in [0.29, 0.717) is 28.7 Å². The molecule has 9 heteroatoms. The van der Waals surface area contributed by atoms with Crippen LogP contribution in [-0.2, 0) is 13.0 Å². The molecular weight excluding hydrogens is 476 g/mol. The average Bonchev–Trinajstić information content (AvgIpc) is 3.20. The molecule has 1 atom stereocenters. The van der Waals surface area contributed by atoms with Gasteiger partial charge in [0.15, 0.2) is 11.5 Å². The van der Waals surface area contributed by atoms with Crippen molar-refractivity contribution in [2.24, 2.45) is 0 Å². The number of aromatic nitrogens is 5. The van der Waals surface area contributed by atoms with E-state index in [1.165, 1.54) is 22.4 Å². The van der Waals surface area contributed by atoms with Crippen LogP contribution in [0.5, 0.6) is 0 Å². The number of nitrogens with one attached hydrogen (secondary N) is 1. The van der Waals surface area contributed by atoms with E-state index in [-0.39, 0.29) is 12.1 Å². The van der Waals surface area contributed by atoms with E-state index in [2.05, 4.69) is 58.2 Å². The zero-order valence-electron chi connectivity index (χ0n) is 21.9. The first kappa shape index (κ1) is 24.2. The highest BCUT2D eigenvalue weighted by Gasteiger charge is 2.22. The smallest absolute Gasteiger partial charge is 0.279 e. The van der Waals surface area contributed by atoms with Crippen LogP contribution in [0.25, 0.3) is 16.9 Å². The van der Waals surface area contributed by atoms with Gasteiger partial charge in [-0.3, -0.25) is 4.79 Å². The minimum atomic E-state index is -0.228. The number of aryl methyl sites for hydroxylation is 1. The van der Waals surface area contributed by atoms with Gasteiger partial charge >= 0.3 is 0 Å². The molecule has 0 amide bonds. The van der Waals surface area contributed by atoms with E-state index in [1.54, 1.807) is 10.9 Å².